The molecule has 0 aliphatic rings. The number of rotatable bonds is 50. The number of phosphoric acid groups is 1. The Morgan fingerprint density at radius 2 is 0.750 bits per heavy atom. The maximum Gasteiger partial charge on any atom is 0.472 e. The van der Waals surface area contributed by atoms with Crippen LogP contribution < -0.4 is 0 Å². The molecule has 68 heavy (non-hydrogen) atoms. The van der Waals surface area contributed by atoms with E-state index in [1.807, 2.05) is 0 Å². The summed E-state index contributed by atoms with van der Waals surface area (Å²) in [5.41, 5.74) is 0. The van der Waals surface area contributed by atoms with E-state index in [0.717, 1.165) is 128 Å². The molecule has 11 nitrogen and oxygen atoms in total. The van der Waals surface area contributed by atoms with Crippen LogP contribution in [0.1, 0.15) is 239 Å². The van der Waals surface area contributed by atoms with E-state index in [1.165, 1.54) is 51.4 Å². The lowest BCUT2D eigenvalue weighted by atomic mass is 10.1. The number of phosphoric ester groups is 1. The summed E-state index contributed by atoms with van der Waals surface area (Å²) in [6.07, 6.45) is 53.2. The van der Waals surface area contributed by atoms with E-state index in [4.69, 9.17) is 23.3 Å². The van der Waals surface area contributed by atoms with Crippen LogP contribution in [-0.4, -0.2) is 66.5 Å². The first-order chi connectivity index (χ1) is 33.2. The minimum atomic E-state index is -4.75. The summed E-state index contributed by atoms with van der Waals surface area (Å²) in [6.45, 7) is 4.49. The summed E-state index contributed by atoms with van der Waals surface area (Å²) in [5.74, 6) is -1.50. The van der Waals surface area contributed by atoms with Gasteiger partial charge >= 0.3 is 25.7 Å². The molecular formula is C56H99O11P. The van der Waals surface area contributed by atoms with Gasteiger partial charge in [-0.2, -0.15) is 0 Å². The van der Waals surface area contributed by atoms with E-state index in [9.17, 15) is 28.9 Å². The Morgan fingerprint density at radius 1 is 0.412 bits per heavy atom. The molecule has 0 aromatic carbocycles. The highest BCUT2D eigenvalue weighted by Gasteiger charge is 2.28. The van der Waals surface area contributed by atoms with Crippen molar-refractivity contribution < 1.29 is 52.2 Å². The van der Waals surface area contributed by atoms with Gasteiger partial charge in [0.2, 0.25) is 0 Å². The first kappa shape index (κ1) is 65.2. The number of unbranched alkanes of at least 4 members (excludes halogenated alkanes) is 23. The van der Waals surface area contributed by atoms with Gasteiger partial charge in [-0.1, -0.05) is 178 Å². The summed E-state index contributed by atoms with van der Waals surface area (Å²) in [7, 11) is -4.75. The Balaban J connectivity index is 4.77. The van der Waals surface area contributed by atoms with Crippen molar-refractivity contribution in [1.82, 2.24) is 0 Å². The van der Waals surface area contributed by atoms with Crippen LogP contribution in [0.15, 0.2) is 60.8 Å². The smallest absolute Gasteiger partial charge is 0.462 e. The minimum absolute atomic E-state index is 0.147. The fraction of sp³-hybridized carbons (Fsp3) is 0.768. The maximum absolute atomic E-state index is 12.9. The number of hydrogen-bond donors (Lipinski definition) is 2. The van der Waals surface area contributed by atoms with Crippen molar-refractivity contribution in [1.29, 1.82) is 0 Å². The van der Waals surface area contributed by atoms with Gasteiger partial charge in [0.25, 0.3) is 0 Å². The van der Waals surface area contributed by atoms with Crippen molar-refractivity contribution in [2.75, 3.05) is 26.4 Å². The Morgan fingerprint density at radius 3 is 1.19 bits per heavy atom. The fourth-order valence-corrected chi connectivity index (χ4v) is 7.97. The second-order valence-corrected chi connectivity index (χ2v) is 19.5. The highest BCUT2D eigenvalue weighted by Crippen LogP contribution is 2.43. The molecule has 0 aromatic rings. The van der Waals surface area contributed by atoms with E-state index in [0.29, 0.717) is 19.3 Å². The number of aliphatic hydroxyl groups is 1. The molecule has 0 fully saturated rings. The lowest BCUT2D eigenvalue weighted by molar-refractivity contribution is -0.161. The second kappa shape index (κ2) is 50.6. The predicted octanol–water partition coefficient (Wildman–Crippen LogP) is 15.6. The second-order valence-electron chi connectivity index (χ2n) is 18.0. The summed E-state index contributed by atoms with van der Waals surface area (Å²) in [6, 6.07) is 0. The van der Waals surface area contributed by atoms with Gasteiger partial charge < -0.3 is 24.2 Å². The largest absolute Gasteiger partial charge is 0.472 e. The Kier molecular flexibility index (Phi) is 48.5. The highest BCUT2D eigenvalue weighted by atomic mass is 31.2. The van der Waals surface area contributed by atoms with Crippen LogP contribution in [0.5, 0.6) is 0 Å². The average molecular weight is 979 g/mol. The van der Waals surface area contributed by atoms with Crippen molar-refractivity contribution in [3.8, 4) is 0 Å². The molecule has 0 aliphatic carbocycles. The monoisotopic (exact) mass is 979 g/mol. The lowest BCUT2D eigenvalue weighted by Gasteiger charge is -2.21. The first-order valence-corrected chi connectivity index (χ1v) is 28.7. The molecule has 0 rings (SSSR count). The number of hydrogen-bond acceptors (Lipinski definition) is 10. The zero-order valence-electron chi connectivity index (χ0n) is 43.3. The Labute approximate surface area is 415 Å². The number of carbonyl (C=O) groups is 3. The van der Waals surface area contributed by atoms with Gasteiger partial charge in [-0.15, -0.1) is 0 Å². The van der Waals surface area contributed by atoms with Crippen molar-refractivity contribution in [3.05, 3.63) is 60.8 Å². The maximum atomic E-state index is 12.9. The molecule has 0 heterocycles. The summed E-state index contributed by atoms with van der Waals surface area (Å²) in [5, 5.41) is 9.78. The molecule has 3 atom stereocenters. The lowest BCUT2D eigenvalue weighted by Crippen LogP contribution is -2.30. The molecule has 3 unspecified atom stereocenters. The summed E-state index contributed by atoms with van der Waals surface area (Å²) in [4.78, 5) is 48.4. The van der Waals surface area contributed by atoms with Gasteiger partial charge in [-0.3, -0.25) is 23.4 Å². The minimum Gasteiger partial charge on any atom is -0.462 e. The van der Waals surface area contributed by atoms with Crippen molar-refractivity contribution >= 4 is 25.7 Å². The quantitative estimate of drug-likeness (QED) is 0.0197. The molecule has 12 heteroatoms. The molecule has 0 saturated heterocycles. The topological polar surface area (TPSA) is 155 Å². The third-order valence-corrected chi connectivity index (χ3v) is 12.3. The number of allylic oxidation sites excluding steroid dienone is 10. The fourth-order valence-electron chi connectivity index (χ4n) is 7.18. The predicted molar refractivity (Wildman–Crippen MR) is 279 cm³/mol. The molecule has 0 radical (unpaired) electrons. The average Bonchev–Trinajstić information content (AvgIpc) is 3.32. The molecule has 2 N–H and O–H groups in total. The van der Waals surface area contributed by atoms with Crippen molar-refractivity contribution in [3.63, 3.8) is 0 Å². The molecule has 0 aromatic heterocycles. The number of esters is 3. The molecule has 394 valence electrons. The third-order valence-electron chi connectivity index (χ3n) is 11.4. The van der Waals surface area contributed by atoms with Crippen molar-refractivity contribution in [2.24, 2.45) is 0 Å². The van der Waals surface area contributed by atoms with Crippen LogP contribution in [-0.2, 0) is 42.2 Å². The number of aliphatic hydroxyl groups excluding tert-OH is 1. The van der Waals surface area contributed by atoms with E-state index in [2.05, 4.69) is 81.5 Å². The number of ether oxygens (including phenoxy) is 3. The van der Waals surface area contributed by atoms with E-state index >= 15 is 0 Å². The van der Waals surface area contributed by atoms with Gasteiger partial charge in [-0.05, 0) is 103 Å². The van der Waals surface area contributed by atoms with Crippen LogP contribution >= 0.6 is 7.82 Å². The first-order valence-electron chi connectivity index (χ1n) is 27.2. The van der Waals surface area contributed by atoms with Crippen LogP contribution in [0, 0.1) is 0 Å². The normalized spacial score (nSPS) is 13.9. The Hall–Kier alpha value is -2.82. The highest BCUT2D eigenvalue weighted by molar-refractivity contribution is 7.47. The zero-order chi connectivity index (χ0) is 49.9. The molecule has 0 bridgehead atoms. The van der Waals surface area contributed by atoms with E-state index < -0.39 is 57.8 Å². The van der Waals surface area contributed by atoms with E-state index in [-0.39, 0.29) is 25.9 Å². The third kappa shape index (κ3) is 48.2. The molecule has 0 amide bonds. The van der Waals surface area contributed by atoms with Gasteiger partial charge in [0, 0.05) is 19.3 Å². The summed E-state index contributed by atoms with van der Waals surface area (Å²) >= 11 is 0. The van der Waals surface area contributed by atoms with Gasteiger partial charge in [0.05, 0.1) is 19.8 Å². The summed E-state index contributed by atoms with van der Waals surface area (Å²) < 4.78 is 39.4. The molecule has 0 saturated carbocycles. The Bertz CT molecular complexity index is 1370. The van der Waals surface area contributed by atoms with Gasteiger partial charge in [0.15, 0.2) is 6.10 Å². The zero-order valence-corrected chi connectivity index (χ0v) is 44.2. The van der Waals surface area contributed by atoms with E-state index in [1.54, 1.807) is 0 Å². The van der Waals surface area contributed by atoms with Gasteiger partial charge in [-0.25, -0.2) is 4.57 Å². The SMILES string of the molecule is CCC/C=C\C/C=C\CCCCCCCC(=O)OCC(COP(=O)(O)OCC(CO)OC(=O)CCCCCCC/C=C\CCCCCC)OC(=O)CCCCCCC/C=C\C/C=C\CCCCC. The van der Waals surface area contributed by atoms with Crippen LogP contribution in [0.4, 0.5) is 0 Å². The molecule has 0 aliphatic heterocycles. The van der Waals surface area contributed by atoms with Crippen LogP contribution in [0.3, 0.4) is 0 Å². The molecule has 0 spiro atoms. The van der Waals surface area contributed by atoms with Crippen molar-refractivity contribution in [2.45, 2.75) is 251 Å². The molecular weight excluding hydrogens is 880 g/mol. The number of carbonyl (C=O) groups excluding carboxylic acids is 3. The van der Waals surface area contributed by atoms with Gasteiger partial charge in [0.1, 0.15) is 12.7 Å². The standard InChI is InChI=1S/C56H99O11P/c1-4-7-10-13-16-19-22-25-26-29-32-35-38-41-44-47-56(60)67-53(49-63-54(58)45-42-39-36-33-30-27-23-20-17-14-11-8-5-2)51-65-68(61,62)64-50-52(48-57)66-55(59)46-43-40-37-34-31-28-24-21-18-15-12-9-6-3/h11,14,16,19-21,23-26,52-53,57H,4-10,12-13,15,17-18,22,27-51H2,1-3H3,(H,61,62)/b14-11-,19-16-,23-20-,24-21-,26-25-. The van der Waals surface area contributed by atoms with Crippen LogP contribution in [0.25, 0.3) is 0 Å². The van der Waals surface area contributed by atoms with Crippen LogP contribution in [0.2, 0.25) is 0 Å².